The van der Waals surface area contributed by atoms with E-state index in [4.69, 9.17) is 5.11 Å². The average Bonchev–Trinajstić information content (AvgIpc) is 2.98. The van der Waals surface area contributed by atoms with Crippen LogP contribution >= 0.6 is 0 Å². The first-order chi connectivity index (χ1) is 10.6. The van der Waals surface area contributed by atoms with E-state index >= 15 is 0 Å². The Morgan fingerprint density at radius 1 is 1.50 bits per heavy atom. The molecule has 7 nitrogen and oxygen atoms in total. The van der Waals surface area contributed by atoms with Crippen LogP contribution in [-0.2, 0) is 4.79 Å². The van der Waals surface area contributed by atoms with Crippen molar-refractivity contribution >= 4 is 17.8 Å². The zero-order chi connectivity index (χ0) is 15.7. The number of hydrogen-bond acceptors (Lipinski definition) is 4. The highest BCUT2D eigenvalue weighted by atomic mass is 16.4. The number of nitrogens with zero attached hydrogens (tertiary/aromatic N) is 3. The number of rotatable bonds is 3. The van der Waals surface area contributed by atoms with Gasteiger partial charge >= 0.3 is 5.97 Å². The molecule has 0 spiro atoms. The van der Waals surface area contributed by atoms with Gasteiger partial charge in [-0.05, 0) is 6.42 Å². The van der Waals surface area contributed by atoms with Gasteiger partial charge < -0.3 is 5.11 Å². The summed E-state index contributed by atoms with van der Waals surface area (Å²) >= 11 is 0. The van der Waals surface area contributed by atoms with Crippen molar-refractivity contribution in [3.05, 3.63) is 41.8 Å². The van der Waals surface area contributed by atoms with E-state index in [9.17, 15) is 9.59 Å². The van der Waals surface area contributed by atoms with Crippen LogP contribution in [0.15, 0.2) is 41.2 Å². The Morgan fingerprint density at radius 3 is 3.00 bits per heavy atom. The average molecular weight is 300 g/mol. The van der Waals surface area contributed by atoms with E-state index in [2.05, 4.69) is 22.3 Å². The van der Waals surface area contributed by atoms with E-state index in [1.54, 1.807) is 0 Å². The Bertz CT molecular complexity index is 714. The smallest absolute Gasteiger partial charge is 0.338 e. The van der Waals surface area contributed by atoms with Gasteiger partial charge in [-0.2, -0.15) is 5.10 Å². The van der Waals surface area contributed by atoms with Crippen LogP contribution in [-0.4, -0.2) is 38.8 Å². The lowest BCUT2D eigenvalue weighted by atomic mass is 9.89. The fourth-order valence-electron chi connectivity index (χ4n) is 2.57. The van der Waals surface area contributed by atoms with Crippen LogP contribution in [0, 0.1) is 5.92 Å². The van der Waals surface area contributed by atoms with Gasteiger partial charge in [-0.3, -0.25) is 10.1 Å². The predicted octanol–water partition coefficient (Wildman–Crippen LogP) is 1.20. The number of carbonyl (C=O) groups is 2. The lowest BCUT2D eigenvalue weighted by Crippen LogP contribution is -2.48. The maximum atomic E-state index is 12.3. The van der Waals surface area contributed by atoms with Crippen molar-refractivity contribution in [3.8, 4) is 0 Å². The molecule has 2 unspecified atom stereocenters. The predicted molar refractivity (Wildman–Crippen MR) is 79.6 cm³/mol. The van der Waals surface area contributed by atoms with Crippen LogP contribution in [0.3, 0.4) is 0 Å². The van der Waals surface area contributed by atoms with E-state index in [-0.39, 0.29) is 29.4 Å². The van der Waals surface area contributed by atoms with Crippen molar-refractivity contribution < 1.29 is 14.7 Å². The second-order valence-electron chi connectivity index (χ2n) is 5.29. The van der Waals surface area contributed by atoms with Crippen LogP contribution in [0.4, 0.5) is 0 Å². The van der Waals surface area contributed by atoms with E-state index in [0.29, 0.717) is 0 Å². The van der Waals surface area contributed by atoms with Crippen molar-refractivity contribution in [2.24, 2.45) is 10.9 Å². The van der Waals surface area contributed by atoms with Gasteiger partial charge in [0.1, 0.15) is 0 Å². The number of carbonyl (C=O) groups excluding carboxylic acids is 1. The zero-order valence-electron chi connectivity index (χ0n) is 12.1. The van der Waals surface area contributed by atoms with Crippen LogP contribution in [0.25, 0.3) is 0 Å². The molecule has 0 radical (unpaired) electrons. The molecule has 114 valence electrons. The lowest BCUT2D eigenvalue weighted by Gasteiger charge is -2.28. The summed E-state index contributed by atoms with van der Waals surface area (Å²) in [6, 6.07) is -0.276. The molecular formula is C15H16N4O3. The van der Waals surface area contributed by atoms with Crippen molar-refractivity contribution in [1.29, 1.82) is 0 Å². The Balaban J connectivity index is 1.87. The number of carboxylic acids is 1. The van der Waals surface area contributed by atoms with Crippen LogP contribution in [0.1, 0.15) is 30.1 Å². The quantitative estimate of drug-likeness (QED) is 0.876. The largest absolute Gasteiger partial charge is 0.478 e. The third-order valence-corrected chi connectivity index (χ3v) is 3.66. The molecule has 1 amide bonds. The normalized spacial score (nSPS) is 23.4. The van der Waals surface area contributed by atoms with Crippen LogP contribution < -0.4 is 5.32 Å². The number of nitrogens with one attached hydrogen (secondary N) is 1. The second-order valence-corrected chi connectivity index (χ2v) is 5.29. The maximum Gasteiger partial charge on any atom is 0.338 e. The third kappa shape index (κ3) is 2.57. The minimum atomic E-state index is -1.07. The molecule has 7 heteroatoms. The Labute approximate surface area is 127 Å². The number of amides is 1. The Hall–Kier alpha value is -2.70. The van der Waals surface area contributed by atoms with E-state index < -0.39 is 5.97 Å². The first kappa shape index (κ1) is 14.2. The zero-order valence-corrected chi connectivity index (χ0v) is 12.1. The fourth-order valence-corrected chi connectivity index (χ4v) is 2.57. The van der Waals surface area contributed by atoms with Gasteiger partial charge in [0.15, 0.2) is 0 Å². The molecule has 3 rings (SSSR count). The molecule has 0 saturated heterocycles. The number of hydrogen-bond donors (Lipinski definition) is 2. The summed E-state index contributed by atoms with van der Waals surface area (Å²) in [4.78, 5) is 27.6. The summed E-state index contributed by atoms with van der Waals surface area (Å²) in [6.07, 6.45) is 10.4. The molecule has 1 aliphatic carbocycles. The molecule has 2 N–H and O–H groups in total. The molecule has 2 heterocycles. The summed E-state index contributed by atoms with van der Waals surface area (Å²) in [5.74, 6) is -1.29. The topological polar surface area (TPSA) is 96.6 Å². The molecule has 0 aromatic carbocycles. The number of aliphatic imine (C=N–C) groups is 1. The fraction of sp³-hybridized carbons (Fsp3) is 0.333. The highest BCUT2D eigenvalue weighted by Crippen LogP contribution is 2.25. The SMILES string of the molecule is CCCC1=CC2C(=O)NC(n3cc(C(=O)O)cn3)=NC2C=C1. The number of aromatic nitrogens is 2. The molecular weight excluding hydrogens is 284 g/mol. The van der Waals surface area contributed by atoms with Gasteiger partial charge in [0.25, 0.3) is 0 Å². The van der Waals surface area contributed by atoms with Crippen molar-refractivity contribution in [3.63, 3.8) is 0 Å². The summed E-state index contributed by atoms with van der Waals surface area (Å²) < 4.78 is 1.27. The highest BCUT2D eigenvalue weighted by molar-refractivity contribution is 6.02. The van der Waals surface area contributed by atoms with Crippen LogP contribution in [0.2, 0.25) is 0 Å². The first-order valence-electron chi connectivity index (χ1n) is 7.14. The molecule has 0 saturated carbocycles. The van der Waals surface area contributed by atoms with Crippen LogP contribution in [0.5, 0.6) is 0 Å². The summed E-state index contributed by atoms with van der Waals surface area (Å²) in [5.41, 5.74) is 1.19. The third-order valence-electron chi connectivity index (χ3n) is 3.66. The minimum Gasteiger partial charge on any atom is -0.478 e. The molecule has 0 bridgehead atoms. The molecule has 1 aromatic rings. The van der Waals surface area contributed by atoms with Crippen molar-refractivity contribution in [1.82, 2.24) is 15.1 Å². The monoisotopic (exact) mass is 300 g/mol. The number of aromatic carboxylic acids is 1. The van der Waals surface area contributed by atoms with Gasteiger partial charge in [-0.15, -0.1) is 0 Å². The number of allylic oxidation sites excluding steroid dienone is 2. The Kier molecular flexibility index (Phi) is 3.62. The summed E-state index contributed by atoms with van der Waals surface area (Å²) in [6.45, 7) is 2.09. The van der Waals surface area contributed by atoms with Gasteiger partial charge in [-0.25, -0.2) is 14.5 Å². The van der Waals surface area contributed by atoms with Crippen molar-refractivity contribution in [2.75, 3.05) is 0 Å². The molecule has 0 fully saturated rings. The van der Waals surface area contributed by atoms with Gasteiger partial charge in [0.05, 0.1) is 23.7 Å². The van der Waals surface area contributed by atoms with E-state index in [1.165, 1.54) is 17.1 Å². The standard InChI is InChI=1S/C15H16N4O3/c1-2-3-9-4-5-12-11(6-9)13(20)18-15(17-12)19-8-10(7-16-19)14(21)22/h4-8,11-12H,2-3H2,1H3,(H,21,22)(H,17,18,20). The molecule has 1 aliphatic heterocycles. The Morgan fingerprint density at radius 2 is 2.32 bits per heavy atom. The van der Waals surface area contributed by atoms with Gasteiger partial charge in [0, 0.05) is 6.20 Å². The van der Waals surface area contributed by atoms with Gasteiger partial charge in [-0.1, -0.05) is 37.1 Å². The number of fused-ring (bicyclic) bond motifs is 1. The first-order valence-corrected chi connectivity index (χ1v) is 7.14. The highest BCUT2D eigenvalue weighted by Gasteiger charge is 2.32. The molecule has 2 aliphatic rings. The minimum absolute atomic E-state index is 0.0448. The van der Waals surface area contributed by atoms with E-state index in [1.807, 2.05) is 18.2 Å². The summed E-state index contributed by atoms with van der Waals surface area (Å²) in [7, 11) is 0. The molecule has 22 heavy (non-hydrogen) atoms. The number of carboxylic acid groups (broad SMARTS) is 1. The van der Waals surface area contributed by atoms with E-state index in [0.717, 1.165) is 18.4 Å². The molecule has 2 atom stereocenters. The lowest BCUT2D eigenvalue weighted by molar-refractivity contribution is -0.122. The summed E-state index contributed by atoms with van der Waals surface area (Å²) in [5, 5.41) is 15.5. The van der Waals surface area contributed by atoms with Crippen molar-refractivity contribution in [2.45, 2.75) is 25.8 Å². The second kappa shape index (κ2) is 5.59. The molecule has 1 aromatic heterocycles. The maximum absolute atomic E-state index is 12.3. The van der Waals surface area contributed by atoms with Gasteiger partial charge in [0.2, 0.25) is 11.9 Å².